The minimum absolute atomic E-state index is 0.130. The zero-order chi connectivity index (χ0) is 15.0. The van der Waals surface area contributed by atoms with Gasteiger partial charge in [-0.15, -0.1) is 0 Å². The number of amides is 1. The molecule has 0 atom stereocenters. The molecule has 108 valence electrons. The summed E-state index contributed by atoms with van der Waals surface area (Å²) < 4.78 is 4.82. The Morgan fingerprint density at radius 3 is 2.50 bits per heavy atom. The van der Waals surface area contributed by atoms with Gasteiger partial charge < -0.3 is 9.64 Å². The molecule has 0 saturated heterocycles. The molecule has 4 heteroatoms. The van der Waals surface area contributed by atoms with Crippen molar-refractivity contribution < 1.29 is 14.3 Å². The summed E-state index contributed by atoms with van der Waals surface area (Å²) in [5.41, 5.74) is 2.16. The lowest BCUT2D eigenvalue weighted by molar-refractivity contribution is -0.143. The molecular formula is C16H21NO3. The van der Waals surface area contributed by atoms with Crippen LogP contribution in [0.4, 0.5) is 0 Å². The molecule has 0 aromatic heterocycles. The first-order chi connectivity index (χ1) is 9.52. The highest BCUT2D eigenvalue weighted by atomic mass is 16.5. The standard InChI is InChI=1S/C16H21NO3/c1-4-20-16(19)11-12-17(3)15(18)10-9-14-7-5-13(2)6-8-14/h5-10H,4,11-12H2,1-3H3. The number of hydrogen-bond acceptors (Lipinski definition) is 3. The fourth-order valence-electron chi connectivity index (χ4n) is 1.57. The molecule has 0 fully saturated rings. The smallest absolute Gasteiger partial charge is 0.307 e. The van der Waals surface area contributed by atoms with Gasteiger partial charge in [-0.3, -0.25) is 9.59 Å². The average molecular weight is 275 g/mol. The number of hydrogen-bond donors (Lipinski definition) is 0. The second-order valence-corrected chi connectivity index (χ2v) is 4.56. The molecule has 4 nitrogen and oxygen atoms in total. The van der Waals surface area contributed by atoms with Gasteiger partial charge in [-0.1, -0.05) is 29.8 Å². The highest BCUT2D eigenvalue weighted by Gasteiger charge is 2.08. The molecule has 0 spiro atoms. The maximum Gasteiger partial charge on any atom is 0.307 e. The van der Waals surface area contributed by atoms with E-state index in [1.165, 1.54) is 16.5 Å². The Balaban J connectivity index is 2.45. The van der Waals surface area contributed by atoms with E-state index >= 15 is 0 Å². The predicted octanol–water partition coefficient (Wildman–Crippen LogP) is 2.42. The lowest BCUT2D eigenvalue weighted by Gasteiger charge is -2.14. The average Bonchev–Trinajstić information content (AvgIpc) is 2.44. The van der Waals surface area contributed by atoms with Crippen molar-refractivity contribution in [2.24, 2.45) is 0 Å². The molecule has 0 aliphatic heterocycles. The molecular weight excluding hydrogens is 254 g/mol. The van der Waals surface area contributed by atoms with E-state index in [0.29, 0.717) is 13.2 Å². The van der Waals surface area contributed by atoms with E-state index in [2.05, 4.69) is 0 Å². The third kappa shape index (κ3) is 5.69. The van der Waals surface area contributed by atoms with Crippen LogP contribution >= 0.6 is 0 Å². The summed E-state index contributed by atoms with van der Waals surface area (Å²) >= 11 is 0. The first-order valence-electron chi connectivity index (χ1n) is 6.68. The van der Waals surface area contributed by atoms with E-state index in [4.69, 9.17) is 4.74 Å². The van der Waals surface area contributed by atoms with Crippen LogP contribution in [0.2, 0.25) is 0 Å². The van der Waals surface area contributed by atoms with Gasteiger partial charge >= 0.3 is 5.97 Å². The van der Waals surface area contributed by atoms with Gasteiger partial charge in [0.05, 0.1) is 13.0 Å². The zero-order valence-electron chi connectivity index (χ0n) is 12.3. The van der Waals surface area contributed by atoms with Gasteiger partial charge in [0.25, 0.3) is 0 Å². The number of esters is 1. The highest BCUT2D eigenvalue weighted by Crippen LogP contribution is 2.05. The summed E-state index contributed by atoms with van der Waals surface area (Å²) in [6.45, 7) is 4.50. The van der Waals surface area contributed by atoms with Gasteiger partial charge in [-0.05, 0) is 25.5 Å². The minimum atomic E-state index is -0.283. The first kappa shape index (κ1) is 16.0. The third-order valence-corrected chi connectivity index (χ3v) is 2.83. The normalized spacial score (nSPS) is 10.6. The molecule has 0 heterocycles. The molecule has 0 unspecified atom stereocenters. The second-order valence-electron chi connectivity index (χ2n) is 4.56. The molecule has 0 aliphatic carbocycles. The van der Waals surface area contributed by atoms with Crippen LogP contribution in [0.25, 0.3) is 6.08 Å². The largest absolute Gasteiger partial charge is 0.466 e. The van der Waals surface area contributed by atoms with Crippen molar-refractivity contribution >= 4 is 18.0 Å². The Bertz CT molecular complexity index is 477. The molecule has 0 radical (unpaired) electrons. The zero-order valence-corrected chi connectivity index (χ0v) is 12.3. The van der Waals surface area contributed by atoms with E-state index < -0.39 is 0 Å². The van der Waals surface area contributed by atoms with Crippen molar-refractivity contribution in [3.05, 3.63) is 41.5 Å². The summed E-state index contributed by atoms with van der Waals surface area (Å²) in [5, 5.41) is 0. The van der Waals surface area contributed by atoms with Crippen molar-refractivity contribution in [3.8, 4) is 0 Å². The van der Waals surface area contributed by atoms with Gasteiger partial charge in [0, 0.05) is 19.7 Å². The van der Waals surface area contributed by atoms with Crippen LogP contribution in [0.1, 0.15) is 24.5 Å². The Kier molecular flexibility index (Phi) is 6.50. The Morgan fingerprint density at radius 2 is 1.90 bits per heavy atom. The van der Waals surface area contributed by atoms with Crippen LogP contribution in [-0.4, -0.2) is 37.0 Å². The van der Waals surface area contributed by atoms with E-state index in [1.807, 2.05) is 31.2 Å². The summed E-state index contributed by atoms with van der Waals surface area (Å²) in [5.74, 6) is -0.412. The molecule has 0 aliphatic rings. The summed E-state index contributed by atoms with van der Waals surface area (Å²) in [7, 11) is 1.67. The van der Waals surface area contributed by atoms with Gasteiger partial charge in [0.2, 0.25) is 5.91 Å². The van der Waals surface area contributed by atoms with Gasteiger partial charge in [0.1, 0.15) is 0 Å². The predicted molar refractivity (Wildman–Crippen MR) is 79.1 cm³/mol. The molecule has 1 aromatic carbocycles. The van der Waals surface area contributed by atoms with Gasteiger partial charge in [-0.25, -0.2) is 0 Å². The fraction of sp³-hybridized carbons (Fsp3) is 0.375. The molecule has 1 aromatic rings. The number of carbonyl (C=O) groups is 2. The van der Waals surface area contributed by atoms with Gasteiger partial charge in [0.15, 0.2) is 0 Å². The van der Waals surface area contributed by atoms with E-state index in [1.54, 1.807) is 20.0 Å². The van der Waals surface area contributed by atoms with Crippen molar-refractivity contribution in [1.29, 1.82) is 0 Å². The first-order valence-corrected chi connectivity index (χ1v) is 6.68. The third-order valence-electron chi connectivity index (χ3n) is 2.83. The molecule has 0 saturated carbocycles. The Labute approximate surface area is 120 Å². The van der Waals surface area contributed by atoms with Crippen molar-refractivity contribution in [2.45, 2.75) is 20.3 Å². The van der Waals surface area contributed by atoms with E-state index in [-0.39, 0.29) is 18.3 Å². The lowest BCUT2D eigenvalue weighted by atomic mass is 10.1. The topological polar surface area (TPSA) is 46.6 Å². The molecule has 1 rings (SSSR count). The second kappa shape index (κ2) is 8.15. The van der Waals surface area contributed by atoms with Crippen LogP contribution in [0, 0.1) is 6.92 Å². The Morgan fingerprint density at radius 1 is 1.25 bits per heavy atom. The van der Waals surface area contributed by atoms with Gasteiger partial charge in [-0.2, -0.15) is 0 Å². The molecule has 20 heavy (non-hydrogen) atoms. The van der Waals surface area contributed by atoms with Crippen LogP contribution in [0.5, 0.6) is 0 Å². The number of likely N-dealkylation sites (N-methyl/N-ethyl adjacent to an activating group) is 1. The number of carbonyl (C=O) groups excluding carboxylic acids is 2. The maximum absolute atomic E-state index is 11.8. The maximum atomic E-state index is 11.8. The number of rotatable bonds is 6. The number of benzene rings is 1. The van der Waals surface area contributed by atoms with E-state index in [0.717, 1.165) is 5.56 Å². The van der Waals surface area contributed by atoms with Crippen molar-refractivity contribution in [1.82, 2.24) is 4.90 Å². The number of aryl methyl sites for hydroxylation is 1. The molecule has 1 amide bonds. The van der Waals surface area contributed by atoms with Crippen LogP contribution in [-0.2, 0) is 14.3 Å². The minimum Gasteiger partial charge on any atom is -0.466 e. The number of ether oxygens (including phenoxy) is 1. The number of nitrogens with zero attached hydrogens (tertiary/aromatic N) is 1. The monoisotopic (exact) mass is 275 g/mol. The molecule has 0 bridgehead atoms. The quantitative estimate of drug-likeness (QED) is 0.591. The Hall–Kier alpha value is -2.10. The fourth-order valence-corrected chi connectivity index (χ4v) is 1.57. The highest BCUT2D eigenvalue weighted by molar-refractivity contribution is 5.91. The lowest BCUT2D eigenvalue weighted by Crippen LogP contribution is -2.27. The van der Waals surface area contributed by atoms with Crippen LogP contribution < -0.4 is 0 Å². The summed E-state index contributed by atoms with van der Waals surface area (Å²) in [6, 6.07) is 7.90. The van der Waals surface area contributed by atoms with E-state index in [9.17, 15) is 9.59 Å². The summed E-state index contributed by atoms with van der Waals surface area (Å²) in [6.07, 6.45) is 3.49. The molecule has 0 N–H and O–H groups in total. The van der Waals surface area contributed by atoms with Crippen LogP contribution in [0.3, 0.4) is 0 Å². The van der Waals surface area contributed by atoms with Crippen LogP contribution in [0.15, 0.2) is 30.3 Å². The SMILES string of the molecule is CCOC(=O)CCN(C)C(=O)C=Cc1ccc(C)cc1. The van der Waals surface area contributed by atoms with Crippen molar-refractivity contribution in [2.75, 3.05) is 20.2 Å². The summed E-state index contributed by atoms with van der Waals surface area (Å²) in [4.78, 5) is 24.5. The van der Waals surface area contributed by atoms with Crippen molar-refractivity contribution in [3.63, 3.8) is 0 Å².